The number of nitrogens with one attached hydrogen (secondary N) is 1. The summed E-state index contributed by atoms with van der Waals surface area (Å²) in [4.78, 5) is 32.8. The number of rotatable bonds is 7. The van der Waals surface area contributed by atoms with Gasteiger partial charge in [-0.1, -0.05) is 31.0 Å². The van der Waals surface area contributed by atoms with E-state index in [0.717, 1.165) is 12.8 Å². The van der Waals surface area contributed by atoms with E-state index in [1.54, 1.807) is 48.1 Å². The summed E-state index contributed by atoms with van der Waals surface area (Å²) in [6.07, 6.45) is 4.10. The molecule has 1 unspecified atom stereocenters. The third-order valence-corrected chi connectivity index (χ3v) is 6.26. The van der Waals surface area contributed by atoms with Gasteiger partial charge in [0, 0.05) is 11.8 Å². The Kier molecular flexibility index (Phi) is 5.43. The number of carbonyl (C=O) groups excluding carboxylic acids is 1. The number of H-pyrrole nitrogens is 1. The molecule has 1 atom stereocenters. The zero-order valence-electron chi connectivity index (χ0n) is 18.8. The number of ether oxygens (including phenoxy) is 1. The van der Waals surface area contributed by atoms with Crippen molar-refractivity contribution < 1.29 is 13.9 Å². The first kappa shape index (κ1) is 21.9. The van der Waals surface area contributed by atoms with Crippen LogP contribution in [-0.2, 0) is 21.5 Å². The van der Waals surface area contributed by atoms with Crippen molar-refractivity contribution in [1.82, 2.24) is 29.9 Å². The predicted molar refractivity (Wildman–Crippen MR) is 121 cm³/mol. The summed E-state index contributed by atoms with van der Waals surface area (Å²) in [7, 11) is 1.30. The van der Waals surface area contributed by atoms with E-state index in [-0.39, 0.29) is 23.9 Å². The first-order valence-electron chi connectivity index (χ1n) is 11.0. The highest BCUT2D eigenvalue weighted by molar-refractivity contribution is 5.89. The summed E-state index contributed by atoms with van der Waals surface area (Å²) in [5, 5.41) is 13.6. The zero-order valence-corrected chi connectivity index (χ0v) is 18.8. The lowest BCUT2D eigenvalue weighted by atomic mass is 9.81. The zero-order chi connectivity index (χ0) is 23.9. The average Bonchev–Trinajstić information content (AvgIpc) is 3.58. The molecular weight excluding hydrogens is 439 g/mol. The molecule has 0 amide bonds. The van der Waals surface area contributed by atoms with Gasteiger partial charge >= 0.3 is 5.97 Å². The maximum atomic E-state index is 14.2. The van der Waals surface area contributed by atoms with Crippen LogP contribution in [0.3, 0.4) is 0 Å². The average molecular weight is 462 g/mol. The van der Waals surface area contributed by atoms with Gasteiger partial charge in [-0.15, -0.1) is 10.2 Å². The lowest BCUT2D eigenvalue weighted by Crippen LogP contribution is -2.41. The Morgan fingerprint density at radius 3 is 2.74 bits per heavy atom. The Bertz CT molecular complexity index is 1440. The number of aromatic amines is 1. The van der Waals surface area contributed by atoms with E-state index in [0.29, 0.717) is 34.6 Å². The molecule has 1 aliphatic rings. The van der Waals surface area contributed by atoms with Crippen LogP contribution in [0.1, 0.15) is 37.4 Å². The number of halogens is 1. The molecule has 0 spiro atoms. The van der Waals surface area contributed by atoms with Crippen LogP contribution in [0, 0.1) is 11.7 Å². The number of methoxy groups -OCH3 is 1. The molecule has 9 nitrogen and oxygen atoms in total. The van der Waals surface area contributed by atoms with Gasteiger partial charge in [-0.3, -0.25) is 9.59 Å². The van der Waals surface area contributed by atoms with Crippen molar-refractivity contribution >= 4 is 17.0 Å². The fraction of sp³-hybridized carbons (Fsp3) is 0.333. The first-order chi connectivity index (χ1) is 16.4. The van der Waals surface area contributed by atoms with E-state index >= 15 is 0 Å². The smallest absolute Gasteiger partial charge is 0.317 e. The van der Waals surface area contributed by atoms with E-state index in [9.17, 15) is 14.0 Å². The topological polar surface area (TPSA) is 116 Å². The molecule has 0 saturated heterocycles. The highest BCUT2D eigenvalue weighted by Crippen LogP contribution is 2.41. The van der Waals surface area contributed by atoms with Crippen LogP contribution in [0.5, 0.6) is 0 Å². The lowest BCUT2D eigenvalue weighted by molar-refractivity contribution is -0.147. The second-order valence-corrected chi connectivity index (χ2v) is 8.79. The number of pyridine rings is 1. The number of carbonyl (C=O) groups is 1. The minimum atomic E-state index is -1.19. The maximum absolute atomic E-state index is 14.2. The Morgan fingerprint density at radius 2 is 2.03 bits per heavy atom. The summed E-state index contributed by atoms with van der Waals surface area (Å²) >= 11 is 0. The number of benzene rings is 1. The van der Waals surface area contributed by atoms with Crippen LogP contribution in [0.15, 0.2) is 47.4 Å². The normalized spacial score (nSPS) is 15.3. The highest BCUT2D eigenvalue weighted by Gasteiger charge is 2.45. The quantitative estimate of drug-likeness (QED) is 0.420. The molecule has 3 heterocycles. The van der Waals surface area contributed by atoms with Crippen molar-refractivity contribution in [1.29, 1.82) is 0 Å². The number of fused-ring (bicyclic) bond motifs is 1. The van der Waals surface area contributed by atoms with E-state index in [1.807, 2.05) is 0 Å². The summed E-state index contributed by atoms with van der Waals surface area (Å²) in [5.74, 6) is -0.374. The SMILES string of the molecule is COC(=O)C(C)(CC1CC1)c1nnc(-c2nn(Cc3ccccc3F)c3ncccc23)[nH]c1=O. The van der Waals surface area contributed by atoms with Crippen molar-refractivity contribution in [3.63, 3.8) is 0 Å². The molecule has 34 heavy (non-hydrogen) atoms. The molecule has 0 radical (unpaired) electrons. The second-order valence-electron chi connectivity index (χ2n) is 8.79. The van der Waals surface area contributed by atoms with Crippen LogP contribution in [-0.4, -0.2) is 43.0 Å². The molecule has 0 aliphatic heterocycles. The molecule has 1 N–H and O–H groups in total. The monoisotopic (exact) mass is 462 g/mol. The van der Waals surface area contributed by atoms with Gasteiger partial charge in [-0.2, -0.15) is 5.10 Å². The van der Waals surface area contributed by atoms with Crippen LogP contribution >= 0.6 is 0 Å². The third kappa shape index (κ3) is 3.85. The third-order valence-electron chi connectivity index (χ3n) is 6.26. The molecule has 0 bridgehead atoms. The van der Waals surface area contributed by atoms with Crippen LogP contribution in [0.25, 0.3) is 22.6 Å². The number of hydrogen-bond acceptors (Lipinski definition) is 7. The van der Waals surface area contributed by atoms with E-state index in [1.165, 1.54) is 13.2 Å². The van der Waals surface area contributed by atoms with Gasteiger partial charge < -0.3 is 9.72 Å². The summed E-state index contributed by atoms with van der Waals surface area (Å²) in [6, 6.07) is 9.97. The standard InChI is InChI=1S/C24H23FN6O3/c1-24(23(33)34-2,12-14-9-10-14)19-22(32)27-20(29-28-19)18-16-7-5-11-26-21(16)31(30-18)13-15-6-3-4-8-17(15)25/h3-8,11,14H,9-10,12-13H2,1-2H3,(H,27,29,32). The lowest BCUT2D eigenvalue weighted by Gasteiger charge is -2.24. The van der Waals surface area contributed by atoms with E-state index in [2.05, 4.69) is 25.3 Å². The minimum absolute atomic E-state index is 0.0169. The highest BCUT2D eigenvalue weighted by atomic mass is 19.1. The van der Waals surface area contributed by atoms with Gasteiger partial charge in [0.2, 0.25) is 0 Å². The molecule has 1 saturated carbocycles. The molecule has 1 aromatic carbocycles. The maximum Gasteiger partial charge on any atom is 0.317 e. The van der Waals surface area contributed by atoms with E-state index in [4.69, 9.17) is 4.74 Å². The fourth-order valence-corrected chi connectivity index (χ4v) is 4.29. The Morgan fingerprint density at radius 1 is 1.24 bits per heavy atom. The predicted octanol–water partition coefficient (Wildman–Crippen LogP) is 2.99. The number of nitrogens with zero attached hydrogens (tertiary/aromatic N) is 5. The molecule has 10 heteroatoms. The van der Waals surface area contributed by atoms with Crippen molar-refractivity contribution in [3.8, 4) is 11.5 Å². The van der Waals surface area contributed by atoms with Crippen molar-refractivity contribution in [2.24, 2.45) is 5.92 Å². The summed E-state index contributed by atoms with van der Waals surface area (Å²) < 4.78 is 20.8. The van der Waals surface area contributed by atoms with E-state index < -0.39 is 16.9 Å². The summed E-state index contributed by atoms with van der Waals surface area (Å²) in [5.41, 5.74) is -0.378. The number of aromatic nitrogens is 6. The Labute approximate surface area is 194 Å². The Balaban J connectivity index is 1.57. The minimum Gasteiger partial charge on any atom is -0.468 e. The van der Waals surface area contributed by atoms with Gasteiger partial charge in [0.25, 0.3) is 5.56 Å². The van der Waals surface area contributed by atoms with Crippen molar-refractivity contribution in [2.75, 3.05) is 7.11 Å². The number of esters is 1. The summed E-state index contributed by atoms with van der Waals surface area (Å²) in [6.45, 7) is 1.82. The molecular formula is C24H23FN6O3. The van der Waals surface area contributed by atoms with Gasteiger partial charge in [0.1, 0.15) is 22.6 Å². The molecule has 1 aliphatic carbocycles. The molecule has 3 aromatic heterocycles. The van der Waals surface area contributed by atoms with Crippen LogP contribution in [0.2, 0.25) is 0 Å². The fourth-order valence-electron chi connectivity index (χ4n) is 4.29. The Hall–Kier alpha value is -3.95. The second kappa shape index (κ2) is 8.44. The largest absolute Gasteiger partial charge is 0.468 e. The van der Waals surface area contributed by atoms with Crippen molar-refractivity contribution in [2.45, 2.75) is 38.1 Å². The molecule has 4 aromatic rings. The van der Waals surface area contributed by atoms with Crippen LogP contribution in [0.4, 0.5) is 4.39 Å². The van der Waals surface area contributed by atoms with Gasteiger partial charge in [0.05, 0.1) is 19.0 Å². The molecule has 1 fully saturated rings. The van der Waals surface area contributed by atoms with Crippen LogP contribution < -0.4 is 5.56 Å². The van der Waals surface area contributed by atoms with Crippen molar-refractivity contribution in [3.05, 3.63) is 70.0 Å². The molecule has 174 valence electrons. The van der Waals surface area contributed by atoms with Gasteiger partial charge in [-0.25, -0.2) is 14.1 Å². The first-order valence-corrected chi connectivity index (χ1v) is 11.0. The van der Waals surface area contributed by atoms with Gasteiger partial charge in [0.15, 0.2) is 11.5 Å². The number of hydrogen-bond donors (Lipinski definition) is 1. The molecule has 5 rings (SSSR count). The van der Waals surface area contributed by atoms with Gasteiger partial charge in [-0.05, 0) is 37.5 Å².